The Labute approximate surface area is 112 Å². The first-order valence-corrected chi connectivity index (χ1v) is 6.99. The molecule has 1 aliphatic rings. The lowest BCUT2D eigenvalue weighted by Crippen LogP contribution is -2.12. The Bertz CT molecular complexity index is 572. The second-order valence-corrected chi connectivity index (χ2v) is 5.65. The summed E-state index contributed by atoms with van der Waals surface area (Å²) in [5.74, 6) is 1.50. The van der Waals surface area contributed by atoms with E-state index in [9.17, 15) is 0 Å². The van der Waals surface area contributed by atoms with Gasteiger partial charge in [0.25, 0.3) is 0 Å². The highest BCUT2D eigenvalue weighted by Crippen LogP contribution is 2.39. The molecule has 2 N–H and O–H groups in total. The van der Waals surface area contributed by atoms with E-state index in [1.54, 1.807) is 0 Å². The van der Waals surface area contributed by atoms with E-state index in [2.05, 4.69) is 16.5 Å². The van der Waals surface area contributed by atoms with E-state index in [1.807, 2.05) is 18.2 Å². The second kappa shape index (κ2) is 4.47. The van der Waals surface area contributed by atoms with Gasteiger partial charge in [-0.2, -0.15) is 0 Å². The molecule has 1 heterocycles. The van der Waals surface area contributed by atoms with Gasteiger partial charge < -0.3 is 10.3 Å². The Morgan fingerprint density at radius 3 is 2.94 bits per heavy atom. The quantitative estimate of drug-likeness (QED) is 0.905. The molecule has 4 heteroatoms. The Balaban J connectivity index is 2.05. The van der Waals surface area contributed by atoms with Crippen LogP contribution in [0.5, 0.6) is 0 Å². The fourth-order valence-electron chi connectivity index (χ4n) is 2.67. The summed E-state index contributed by atoms with van der Waals surface area (Å²) >= 11 is 6.00. The average Bonchev–Trinajstić information content (AvgIpc) is 3.09. The first-order valence-electron chi connectivity index (χ1n) is 6.62. The van der Waals surface area contributed by atoms with Crippen LogP contribution >= 0.6 is 11.6 Å². The molecule has 0 spiro atoms. The van der Waals surface area contributed by atoms with Crippen molar-refractivity contribution in [3.63, 3.8) is 0 Å². The maximum absolute atomic E-state index is 6.08. The molecule has 96 valence electrons. The number of aromatic nitrogens is 2. The Hall–Kier alpha value is -1.22. The van der Waals surface area contributed by atoms with Gasteiger partial charge >= 0.3 is 0 Å². The van der Waals surface area contributed by atoms with Crippen molar-refractivity contribution in [3.05, 3.63) is 23.2 Å². The predicted octanol–water partition coefficient (Wildman–Crippen LogP) is 4.02. The first-order chi connectivity index (χ1) is 8.69. The summed E-state index contributed by atoms with van der Waals surface area (Å²) in [4.78, 5) is 4.43. The molecule has 3 rings (SSSR count). The Kier molecular flexibility index (Phi) is 2.94. The van der Waals surface area contributed by atoms with Crippen molar-refractivity contribution in [3.8, 4) is 0 Å². The number of fused-ring (bicyclic) bond motifs is 1. The van der Waals surface area contributed by atoms with Gasteiger partial charge in [0, 0.05) is 11.1 Å². The van der Waals surface area contributed by atoms with Crippen LogP contribution in [0.1, 0.15) is 38.6 Å². The van der Waals surface area contributed by atoms with Crippen LogP contribution in [0, 0.1) is 5.92 Å². The van der Waals surface area contributed by atoms with Gasteiger partial charge in [0.15, 0.2) is 0 Å². The number of rotatable bonds is 4. The lowest BCUT2D eigenvalue weighted by atomic mass is 10.1. The van der Waals surface area contributed by atoms with E-state index in [1.165, 1.54) is 19.3 Å². The minimum Gasteiger partial charge on any atom is -0.369 e. The largest absolute Gasteiger partial charge is 0.369 e. The molecular weight excluding hydrogens is 246 g/mol. The molecular formula is C14H18ClN3. The number of nitrogens with zero attached hydrogens (tertiary/aromatic N) is 2. The van der Waals surface area contributed by atoms with Crippen molar-refractivity contribution in [2.45, 2.75) is 38.6 Å². The normalized spacial score (nSPS) is 17.2. The summed E-state index contributed by atoms with van der Waals surface area (Å²) in [6, 6.07) is 6.28. The van der Waals surface area contributed by atoms with Gasteiger partial charge in [-0.1, -0.05) is 31.4 Å². The van der Waals surface area contributed by atoms with Crippen molar-refractivity contribution < 1.29 is 0 Å². The summed E-state index contributed by atoms with van der Waals surface area (Å²) in [6.07, 6.45) is 5.05. The monoisotopic (exact) mass is 263 g/mol. The van der Waals surface area contributed by atoms with Gasteiger partial charge in [0.2, 0.25) is 5.95 Å². The zero-order chi connectivity index (χ0) is 12.7. The van der Waals surface area contributed by atoms with Gasteiger partial charge in [-0.15, -0.1) is 0 Å². The van der Waals surface area contributed by atoms with Crippen molar-refractivity contribution in [1.29, 1.82) is 0 Å². The minimum absolute atomic E-state index is 0.462. The summed E-state index contributed by atoms with van der Waals surface area (Å²) in [5.41, 5.74) is 8.08. The van der Waals surface area contributed by atoms with Crippen molar-refractivity contribution in [2.24, 2.45) is 5.92 Å². The van der Waals surface area contributed by atoms with Gasteiger partial charge in [-0.25, -0.2) is 4.98 Å². The van der Waals surface area contributed by atoms with Gasteiger partial charge in [0.05, 0.1) is 11.0 Å². The molecule has 1 fully saturated rings. The number of nitrogen functional groups attached to an aromatic ring is 1. The molecule has 1 unspecified atom stereocenters. The second-order valence-electron chi connectivity index (χ2n) is 5.21. The first kappa shape index (κ1) is 11.8. The highest BCUT2D eigenvalue weighted by atomic mass is 35.5. The molecule has 0 saturated heterocycles. The van der Waals surface area contributed by atoms with E-state index >= 15 is 0 Å². The zero-order valence-electron chi connectivity index (χ0n) is 10.6. The summed E-state index contributed by atoms with van der Waals surface area (Å²) in [7, 11) is 0. The average molecular weight is 264 g/mol. The molecule has 0 radical (unpaired) electrons. The van der Waals surface area contributed by atoms with Gasteiger partial charge in [0.1, 0.15) is 0 Å². The van der Waals surface area contributed by atoms with Gasteiger partial charge in [-0.3, -0.25) is 0 Å². The van der Waals surface area contributed by atoms with Crippen LogP contribution in [0.2, 0.25) is 5.02 Å². The lowest BCUT2D eigenvalue weighted by molar-refractivity contribution is 0.442. The highest BCUT2D eigenvalue weighted by Gasteiger charge is 2.27. The molecule has 1 atom stereocenters. The molecule has 0 bridgehead atoms. The number of anilines is 1. The predicted molar refractivity (Wildman–Crippen MR) is 75.8 cm³/mol. The number of nitrogens with two attached hydrogens (primary N) is 1. The van der Waals surface area contributed by atoms with Crippen LogP contribution in [0.25, 0.3) is 11.0 Å². The maximum Gasteiger partial charge on any atom is 0.201 e. The highest BCUT2D eigenvalue weighted by molar-refractivity contribution is 6.31. The summed E-state index contributed by atoms with van der Waals surface area (Å²) < 4.78 is 2.18. The maximum atomic E-state index is 6.08. The minimum atomic E-state index is 0.462. The number of halogens is 1. The lowest BCUT2D eigenvalue weighted by Gasteiger charge is -2.18. The van der Waals surface area contributed by atoms with Crippen LogP contribution in [0.4, 0.5) is 5.95 Å². The molecule has 18 heavy (non-hydrogen) atoms. The third-order valence-electron chi connectivity index (χ3n) is 3.82. The van der Waals surface area contributed by atoms with E-state index in [-0.39, 0.29) is 0 Å². The van der Waals surface area contributed by atoms with Crippen molar-refractivity contribution >= 4 is 28.6 Å². The molecule has 1 aromatic heterocycles. The molecule has 0 aliphatic heterocycles. The number of hydrogen-bond acceptors (Lipinski definition) is 2. The Morgan fingerprint density at radius 1 is 1.50 bits per heavy atom. The fraction of sp³-hybridized carbons (Fsp3) is 0.500. The van der Waals surface area contributed by atoms with Crippen LogP contribution < -0.4 is 5.73 Å². The fourth-order valence-corrected chi connectivity index (χ4v) is 2.83. The van der Waals surface area contributed by atoms with E-state index in [4.69, 9.17) is 17.3 Å². The summed E-state index contributed by atoms with van der Waals surface area (Å²) in [5, 5.41) is 0.711. The number of hydrogen-bond donors (Lipinski definition) is 1. The van der Waals surface area contributed by atoms with Gasteiger partial charge in [-0.05, 0) is 37.0 Å². The SMILES string of the molecule is CCC(CC1CC1)n1c(N)nc2cc(Cl)ccc21. The third-order valence-corrected chi connectivity index (χ3v) is 4.05. The zero-order valence-corrected chi connectivity index (χ0v) is 11.3. The molecule has 3 nitrogen and oxygen atoms in total. The smallest absolute Gasteiger partial charge is 0.201 e. The number of benzene rings is 1. The van der Waals surface area contributed by atoms with Crippen LogP contribution in [0.3, 0.4) is 0 Å². The topological polar surface area (TPSA) is 43.8 Å². The van der Waals surface area contributed by atoms with E-state index in [0.29, 0.717) is 17.0 Å². The summed E-state index contributed by atoms with van der Waals surface area (Å²) in [6.45, 7) is 2.22. The molecule has 1 aromatic carbocycles. The van der Waals surface area contributed by atoms with E-state index in [0.717, 1.165) is 23.4 Å². The standard InChI is InChI=1S/C14H18ClN3/c1-2-11(7-9-3-4-9)18-13-6-5-10(15)8-12(13)17-14(18)16/h5-6,8-9,11H,2-4,7H2,1H3,(H2,16,17). The van der Waals surface area contributed by atoms with Crippen LogP contribution in [0.15, 0.2) is 18.2 Å². The molecule has 1 saturated carbocycles. The Morgan fingerprint density at radius 2 is 2.28 bits per heavy atom. The van der Waals surface area contributed by atoms with Crippen molar-refractivity contribution in [1.82, 2.24) is 9.55 Å². The third kappa shape index (κ3) is 2.07. The van der Waals surface area contributed by atoms with Crippen LogP contribution in [-0.4, -0.2) is 9.55 Å². The number of imidazole rings is 1. The van der Waals surface area contributed by atoms with E-state index < -0.39 is 0 Å². The molecule has 2 aromatic rings. The molecule has 0 amide bonds. The molecule has 1 aliphatic carbocycles. The van der Waals surface area contributed by atoms with Crippen LogP contribution in [-0.2, 0) is 0 Å². The van der Waals surface area contributed by atoms with Crippen molar-refractivity contribution in [2.75, 3.05) is 5.73 Å².